The summed E-state index contributed by atoms with van der Waals surface area (Å²) in [7, 11) is 0. The van der Waals surface area contributed by atoms with Gasteiger partial charge < -0.3 is 15.5 Å². The molecule has 0 saturated carbocycles. The number of nitrogens with one attached hydrogen (secondary N) is 1. The van der Waals surface area contributed by atoms with Crippen molar-refractivity contribution in [2.45, 2.75) is 13.5 Å². The van der Waals surface area contributed by atoms with Crippen molar-refractivity contribution in [3.8, 4) is 29.0 Å². The van der Waals surface area contributed by atoms with E-state index in [1.165, 1.54) is 0 Å². The number of hydrogen-bond acceptors (Lipinski definition) is 5. The summed E-state index contributed by atoms with van der Waals surface area (Å²) in [6, 6.07) is 16.9. The minimum atomic E-state index is -0.654. The predicted molar refractivity (Wildman–Crippen MR) is 110 cm³/mol. The van der Waals surface area contributed by atoms with Crippen LogP contribution in [-0.4, -0.2) is 4.98 Å². The molecule has 0 fully saturated rings. The summed E-state index contributed by atoms with van der Waals surface area (Å²) in [5.41, 5.74) is 7.69. The lowest BCUT2D eigenvalue weighted by atomic mass is 9.96. The van der Waals surface area contributed by atoms with Gasteiger partial charge in [-0.05, 0) is 36.2 Å². The zero-order chi connectivity index (χ0) is 20.3. The van der Waals surface area contributed by atoms with Gasteiger partial charge in [-0.2, -0.15) is 10.5 Å². The van der Waals surface area contributed by atoms with Crippen LogP contribution in [0.25, 0.3) is 11.1 Å². The number of ether oxygens (including phenoxy) is 1. The van der Waals surface area contributed by atoms with Gasteiger partial charge in [0.15, 0.2) is 0 Å². The van der Waals surface area contributed by atoms with E-state index in [0.717, 1.165) is 11.1 Å². The van der Waals surface area contributed by atoms with Crippen molar-refractivity contribution >= 4 is 21.7 Å². The van der Waals surface area contributed by atoms with Gasteiger partial charge in [-0.25, -0.2) is 0 Å². The van der Waals surface area contributed by atoms with Crippen molar-refractivity contribution in [3.05, 3.63) is 79.5 Å². The number of aryl methyl sites for hydroxylation is 1. The molecule has 0 aliphatic heterocycles. The van der Waals surface area contributed by atoms with E-state index in [2.05, 4.69) is 20.9 Å². The van der Waals surface area contributed by atoms with Crippen LogP contribution < -0.4 is 16.0 Å². The molecule has 0 unspecified atom stereocenters. The molecule has 28 heavy (non-hydrogen) atoms. The van der Waals surface area contributed by atoms with Crippen molar-refractivity contribution in [1.29, 1.82) is 10.5 Å². The third-order valence-electron chi connectivity index (χ3n) is 4.32. The van der Waals surface area contributed by atoms with E-state index in [-0.39, 0.29) is 22.5 Å². The zero-order valence-electron chi connectivity index (χ0n) is 14.9. The highest BCUT2D eigenvalue weighted by Gasteiger charge is 2.21. The molecule has 0 aliphatic rings. The number of aromatic amines is 1. The Bertz CT molecular complexity index is 1200. The summed E-state index contributed by atoms with van der Waals surface area (Å²) in [5, 5.41) is 19.1. The first-order valence-electron chi connectivity index (χ1n) is 8.29. The normalized spacial score (nSPS) is 10.1. The molecule has 0 radical (unpaired) electrons. The van der Waals surface area contributed by atoms with Crippen molar-refractivity contribution in [1.82, 2.24) is 4.98 Å². The lowest BCUT2D eigenvalue weighted by Crippen LogP contribution is -2.16. The second-order valence-electron chi connectivity index (χ2n) is 6.07. The maximum absolute atomic E-state index is 12.2. The molecule has 1 aromatic heterocycles. The number of rotatable bonds is 4. The van der Waals surface area contributed by atoms with E-state index in [1.54, 1.807) is 18.2 Å². The second-order valence-corrected chi connectivity index (χ2v) is 6.99. The van der Waals surface area contributed by atoms with E-state index in [9.17, 15) is 15.3 Å². The number of halogens is 1. The lowest BCUT2D eigenvalue weighted by Gasteiger charge is -2.15. The summed E-state index contributed by atoms with van der Waals surface area (Å²) in [5.74, 6) is 0.343. The van der Waals surface area contributed by atoms with Gasteiger partial charge in [0.1, 0.15) is 41.4 Å². The Balaban J connectivity index is 2.18. The molecule has 138 valence electrons. The summed E-state index contributed by atoms with van der Waals surface area (Å²) in [6.45, 7) is 2.28. The number of H-pyrrole nitrogens is 1. The Kier molecular flexibility index (Phi) is 5.49. The molecule has 0 amide bonds. The van der Waals surface area contributed by atoms with Gasteiger partial charge in [0, 0.05) is 15.6 Å². The number of nitrogen functional groups attached to an aromatic ring is 1. The smallest absolute Gasteiger partial charge is 0.268 e. The molecule has 3 rings (SSSR count). The Morgan fingerprint density at radius 2 is 1.86 bits per heavy atom. The highest BCUT2D eigenvalue weighted by molar-refractivity contribution is 9.10. The van der Waals surface area contributed by atoms with E-state index >= 15 is 0 Å². The largest absolute Gasteiger partial charge is 0.488 e. The van der Waals surface area contributed by atoms with Gasteiger partial charge in [-0.1, -0.05) is 40.2 Å². The standard InChI is InChI=1S/C21H15BrN4O2/c1-12-4-2-3-5-13(12)11-28-18-7-6-14(22)8-15(18)19-16(9-23)20(25)26-21(27)17(19)10-24/h2-8H,11H2,1H3,(H3,25,26,27). The molecular weight excluding hydrogens is 420 g/mol. The Labute approximate surface area is 169 Å². The Morgan fingerprint density at radius 1 is 1.14 bits per heavy atom. The van der Waals surface area contributed by atoms with Gasteiger partial charge in [-0.15, -0.1) is 0 Å². The van der Waals surface area contributed by atoms with Crippen molar-refractivity contribution in [3.63, 3.8) is 0 Å². The van der Waals surface area contributed by atoms with E-state index in [0.29, 0.717) is 22.4 Å². The second kappa shape index (κ2) is 7.99. The molecule has 1 heterocycles. The molecule has 2 aromatic carbocycles. The van der Waals surface area contributed by atoms with Crippen LogP contribution in [0.1, 0.15) is 22.3 Å². The van der Waals surface area contributed by atoms with Crippen molar-refractivity contribution < 1.29 is 4.74 Å². The average molecular weight is 435 g/mol. The minimum Gasteiger partial charge on any atom is -0.488 e. The van der Waals surface area contributed by atoms with Crippen LogP contribution in [-0.2, 0) is 6.61 Å². The molecule has 6 nitrogen and oxygen atoms in total. The zero-order valence-corrected chi connectivity index (χ0v) is 16.5. The number of nitrogens with zero attached hydrogens (tertiary/aromatic N) is 2. The van der Waals surface area contributed by atoms with Gasteiger partial charge in [-0.3, -0.25) is 4.79 Å². The third kappa shape index (κ3) is 3.62. The lowest BCUT2D eigenvalue weighted by molar-refractivity contribution is 0.306. The third-order valence-corrected chi connectivity index (χ3v) is 4.82. The van der Waals surface area contributed by atoms with Crippen LogP contribution in [0.5, 0.6) is 5.75 Å². The SMILES string of the molecule is Cc1ccccc1COc1ccc(Br)cc1-c1c(C#N)c(N)[nH]c(=O)c1C#N. The summed E-state index contributed by atoms with van der Waals surface area (Å²) in [6.07, 6.45) is 0. The predicted octanol–water partition coefficient (Wildman–Crippen LogP) is 4.02. The first-order valence-corrected chi connectivity index (χ1v) is 9.08. The molecule has 3 aromatic rings. The number of nitrogens with two attached hydrogens (primary N) is 1. The molecule has 0 atom stereocenters. The summed E-state index contributed by atoms with van der Waals surface area (Å²) >= 11 is 3.39. The molecule has 0 bridgehead atoms. The molecule has 0 spiro atoms. The van der Waals surface area contributed by atoms with Crippen molar-refractivity contribution in [2.24, 2.45) is 0 Å². The summed E-state index contributed by atoms with van der Waals surface area (Å²) in [4.78, 5) is 14.6. The van der Waals surface area contributed by atoms with Gasteiger partial charge in [0.2, 0.25) is 0 Å². The van der Waals surface area contributed by atoms with E-state index in [4.69, 9.17) is 10.5 Å². The number of anilines is 1. The van der Waals surface area contributed by atoms with Crippen molar-refractivity contribution in [2.75, 3.05) is 5.73 Å². The van der Waals surface area contributed by atoms with Crippen LogP contribution >= 0.6 is 15.9 Å². The van der Waals surface area contributed by atoms with Crippen LogP contribution in [0.3, 0.4) is 0 Å². The Morgan fingerprint density at radius 3 is 2.54 bits per heavy atom. The number of benzene rings is 2. The number of pyridine rings is 1. The topological polar surface area (TPSA) is 116 Å². The monoisotopic (exact) mass is 434 g/mol. The van der Waals surface area contributed by atoms with Gasteiger partial charge in [0.05, 0.1) is 0 Å². The fraction of sp³-hybridized carbons (Fsp3) is 0.0952. The van der Waals surface area contributed by atoms with Crippen LogP contribution in [0.2, 0.25) is 0 Å². The van der Waals surface area contributed by atoms with Gasteiger partial charge in [0.25, 0.3) is 5.56 Å². The number of hydrogen-bond donors (Lipinski definition) is 2. The molecular formula is C21H15BrN4O2. The first-order chi connectivity index (χ1) is 13.5. The highest BCUT2D eigenvalue weighted by atomic mass is 79.9. The van der Waals surface area contributed by atoms with E-state index < -0.39 is 5.56 Å². The molecule has 0 saturated heterocycles. The van der Waals surface area contributed by atoms with Crippen LogP contribution in [0, 0.1) is 29.6 Å². The Hall–Kier alpha value is -3.55. The molecule has 0 aliphatic carbocycles. The fourth-order valence-electron chi connectivity index (χ4n) is 2.86. The van der Waals surface area contributed by atoms with E-state index in [1.807, 2.05) is 43.3 Å². The number of nitriles is 2. The first kappa shape index (κ1) is 19.2. The maximum Gasteiger partial charge on any atom is 0.268 e. The maximum atomic E-state index is 12.2. The molecule has 3 N–H and O–H groups in total. The van der Waals surface area contributed by atoms with Gasteiger partial charge >= 0.3 is 0 Å². The number of aromatic nitrogens is 1. The fourth-order valence-corrected chi connectivity index (χ4v) is 3.22. The van der Waals surface area contributed by atoms with Crippen LogP contribution in [0.15, 0.2) is 51.7 Å². The van der Waals surface area contributed by atoms with Crippen LogP contribution in [0.4, 0.5) is 5.82 Å². The average Bonchev–Trinajstić information content (AvgIpc) is 2.67. The minimum absolute atomic E-state index is 0.0231. The molecule has 7 heteroatoms. The summed E-state index contributed by atoms with van der Waals surface area (Å²) < 4.78 is 6.71. The quantitative estimate of drug-likeness (QED) is 0.642. The highest BCUT2D eigenvalue weighted by Crippen LogP contribution is 2.37.